The first-order valence-electron chi connectivity index (χ1n) is 4.04. The highest BCUT2D eigenvalue weighted by atomic mass is 16.3. The van der Waals surface area contributed by atoms with Crippen molar-refractivity contribution >= 4 is 5.69 Å². The molecule has 4 N–H and O–H groups in total. The molecule has 0 aliphatic rings. The first kappa shape index (κ1) is 8.43. The Morgan fingerprint density at radius 2 is 2.07 bits per heavy atom. The van der Waals surface area contributed by atoms with Crippen molar-refractivity contribution in [2.45, 2.75) is 0 Å². The van der Waals surface area contributed by atoms with E-state index in [1.54, 1.807) is 18.2 Å². The number of anilines is 1. The van der Waals surface area contributed by atoms with Crippen molar-refractivity contribution in [1.29, 1.82) is 0 Å². The molecule has 1 aromatic carbocycles. The zero-order chi connectivity index (χ0) is 10.1. The van der Waals surface area contributed by atoms with Gasteiger partial charge in [-0.25, -0.2) is 4.68 Å². The van der Waals surface area contributed by atoms with Gasteiger partial charge in [-0.05, 0) is 12.1 Å². The highest BCUT2D eigenvalue weighted by molar-refractivity contribution is 5.46. The van der Waals surface area contributed by atoms with Gasteiger partial charge in [-0.3, -0.25) is 9.89 Å². The summed E-state index contributed by atoms with van der Waals surface area (Å²) >= 11 is 0. The maximum atomic E-state index is 11.4. The monoisotopic (exact) mass is 191 g/mol. The Labute approximate surface area is 79.4 Å². The van der Waals surface area contributed by atoms with Crippen LogP contribution in [0.1, 0.15) is 0 Å². The number of phenols is 1. The van der Waals surface area contributed by atoms with E-state index in [0.29, 0.717) is 5.69 Å². The molecule has 0 saturated heterocycles. The summed E-state index contributed by atoms with van der Waals surface area (Å²) in [4.78, 5) is 11.4. The van der Waals surface area contributed by atoms with Crippen molar-refractivity contribution in [3.05, 3.63) is 40.8 Å². The van der Waals surface area contributed by atoms with Crippen molar-refractivity contribution < 1.29 is 5.11 Å². The highest BCUT2D eigenvalue weighted by Crippen LogP contribution is 2.18. The summed E-state index contributed by atoms with van der Waals surface area (Å²) in [6.45, 7) is 0. The molecule has 0 unspecified atom stereocenters. The van der Waals surface area contributed by atoms with Crippen LogP contribution in [0.15, 0.2) is 35.3 Å². The molecule has 72 valence electrons. The molecule has 0 atom stereocenters. The van der Waals surface area contributed by atoms with Crippen LogP contribution in [0.4, 0.5) is 5.69 Å². The first-order valence-corrected chi connectivity index (χ1v) is 4.04. The van der Waals surface area contributed by atoms with Gasteiger partial charge in [-0.2, -0.15) is 0 Å². The van der Waals surface area contributed by atoms with E-state index in [9.17, 15) is 9.90 Å². The SMILES string of the molecule is Nc1c[nH]n(-c2ccccc2O)c1=O. The molecule has 0 spiro atoms. The molecule has 1 heterocycles. The number of nitrogens with one attached hydrogen (secondary N) is 1. The molecule has 0 saturated carbocycles. The van der Waals surface area contributed by atoms with Gasteiger partial charge in [-0.15, -0.1) is 0 Å². The Morgan fingerprint density at radius 1 is 1.36 bits per heavy atom. The standard InChI is InChI=1S/C9H9N3O2/c10-6-5-11-12(9(6)14)7-3-1-2-4-8(7)13/h1-5,11,13H,10H2. The van der Waals surface area contributed by atoms with E-state index in [1.165, 1.54) is 16.9 Å². The van der Waals surface area contributed by atoms with Gasteiger partial charge in [0.05, 0.1) is 0 Å². The van der Waals surface area contributed by atoms with Crippen LogP contribution in [-0.4, -0.2) is 14.9 Å². The third-order valence-corrected chi connectivity index (χ3v) is 1.92. The van der Waals surface area contributed by atoms with Crippen LogP contribution >= 0.6 is 0 Å². The van der Waals surface area contributed by atoms with Gasteiger partial charge >= 0.3 is 0 Å². The second-order valence-corrected chi connectivity index (χ2v) is 2.86. The molecule has 1 aromatic heterocycles. The largest absolute Gasteiger partial charge is 0.506 e. The average molecular weight is 191 g/mol. The Morgan fingerprint density at radius 3 is 2.64 bits per heavy atom. The van der Waals surface area contributed by atoms with E-state index in [1.807, 2.05) is 0 Å². The summed E-state index contributed by atoms with van der Waals surface area (Å²) in [5.74, 6) is 0.0245. The number of aromatic nitrogens is 2. The molecule has 14 heavy (non-hydrogen) atoms. The lowest BCUT2D eigenvalue weighted by Crippen LogP contribution is -2.16. The number of rotatable bonds is 1. The fraction of sp³-hybridized carbons (Fsp3) is 0. The zero-order valence-electron chi connectivity index (χ0n) is 7.27. The van der Waals surface area contributed by atoms with Crippen LogP contribution < -0.4 is 11.3 Å². The lowest BCUT2D eigenvalue weighted by molar-refractivity contribution is 0.470. The number of para-hydroxylation sites is 2. The van der Waals surface area contributed by atoms with E-state index < -0.39 is 0 Å². The molecule has 0 aliphatic heterocycles. The summed E-state index contributed by atoms with van der Waals surface area (Å²) in [6, 6.07) is 6.51. The quantitative estimate of drug-likeness (QED) is 0.612. The summed E-state index contributed by atoms with van der Waals surface area (Å²) in [7, 11) is 0. The molecular formula is C9H9N3O2. The van der Waals surface area contributed by atoms with Crippen molar-refractivity contribution in [2.75, 3.05) is 5.73 Å². The van der Waals surface area contributed by atoms with Crippen molar-refractivity contribution in [3.63, 3.8) is 0 Å². The van der Waals surface area contributed by atoms with Gasteiger partial charge in [0.25, 0.3) is 5.56 Å². The maximum Gasteiger partial charge on any atom is 0.294 e. The van der Waals surface area contributed by atoms with E-state index in [0.717, 1.165) is 0 Å². The van der Waals surface area contributed by atoms with Crippen LogP contribution in [0, 0.1) is 0 Å². The van der Waals surface area contributed by atoms with Crippen LogP contribution in [0.3, 0.4) is 0 Å². The lowest BCUT2D eigenvalue weighted by atomic mass is 10.3. The van der Waals surface area contributed by atoms with Gasteiger partial charge in [0.15, 0.2) is 0 Å². The number of aromatic amines is 1. The molecular weight excluding hydrogens is 182 g/mol. The summed E-state index contributed by atoms with van der Waals surface area (Å²) in [6.07, 6.45) is 1.38. The van der Waals surface area contributed by atoms with Crippen LogP contribution in [-0.2, 0) is 0 Å². The first-order chi connectivity index (χ1) is 6.70. The van der Waals surface area contributed by atoms with Crippen molar-refractivity contribution in [3.8, 4) is 11.4 Å². The van der Waals surface area contributed by atoms with Crippen LogP contribution in [0.5, 0.6) is 5.75 Å². The van der Waals surface area contributed by atoms with Crippen molar-refractivity contribution in [1.82, 2.24) is 9.78 Å². The number of nitrogens with two attached hydrogens (primary N) is 1. The summed E-state index contributed by atoms with van der Waals surface area (Å²) in [5.41, 5.74) is 5.52. The number of benzene rings is 1. The lowest BCUT2D eigenvalue weighted by Gasteiger charge is -2.02. The summed E-state index contributed by atoms with van der Waals surface area (Å²) in [5, 5.41) is 12.1. The van der Waals surface area contributed by atoms with Gasteiger partial charge in [0, 0.05) is 6.20 Å². The van der Waals surface area contributed by atoms with Gasteiger partial charge < -0.3 is 10.8 Å². The number of aromatic hydroxyl groups is 1. The molecule has 5 nitrogen and oxygen atoms in total. The highest BCUT2D eigenvalue weighted by Gasteiger charge is 2.07. The topological polar surface area (TPSA) is 84.0 Å². The molecule has 5 heteroatoms. The molecule has 0 amide bonds. The molecule has 0 radical (unpaired) electrons. The van der Waals surface area contributed by atoms with E-state index in [-0.39, 0.29) is 17.0 Å². The number of nitrogens with zero attached hydrogens (tertiary/aromatic N) is 1. The van der Waals surface area contributed by atoms with E-state index in [4.69, 9.17) is 5.73 Å². The molecule has 0 aliphatic carbocycles. The molecule has 0 fully saturated rings. The van der Waals surface area contributed by atoms with Crippen LogP contribution in [0.2, 0.25) is 0 Å². The average Bonchev–Trinajstić information content (AvgIpc) is 2.49. The minimum atomic E-state index is -0.369. The number of hydrogen-bond acceptors (Lipinski definition) is 3. The molecule has 2 rings (SSSR count). The predicted octanol–water partition coefficient (Wildman–Crippen LogP) is 0.453. The fourth-order valence-corrected chi connectivity index (χ4v) is 1.22. The van der Waals surface area contributed by atoms with Gasteiger partial charge in [0.1, 0.15) is 17.1 Å². The number of nitrogen functional groups attached to an aromatic ring is 1. The molecule has 2 aromatic rings. The Bertz CT molecular complexity index is 513. The second-order valence-electron chi connectivity index (χ2n) is 2.86. The van der Waals surface area contributed by atoms with Gasteiger partial charge in [-0.1, -0.05) is 12.1 Å². The predicted molar refractivity (Wildman–Crippen MR) is 52.5 cm³/mol. The summed E-state index contributed by atoms with van der Waals surface area (Å²) < 4.78 is 1.19. The Balaban J connectivity index is 2.67. The third-order valence-electron chi connectivity index (χ3n) is 1.92. The second kappa shape index (κ2) is 2.95. The minimum absolute atomic E-state index is 0.0245. The smallest absolute Gasteiger partial charge is 0.294 e. The zero-order valence-corrected chi connectivity index (χ0v) is 7.27. The Hall–Kier alpha value is -2.17. The van der Waals surface area contributed by atoms with E-state index >= 15 is 0 Å². The van der Waals surface area contributed by atoms with Crippen molar-refractivity contribution in [2.24, 2.45) is 0 Å². The fourth-order valence-electron chi connectivity index (χ4n) is 1.22. The van der Waals surface area contributed by atoms with Gasteiger partial charge in [0.2, 0.25) is 0 Å². The normalized spacial score (nSPS) is 10.3. The Kier molecular flexibility index (Phi) is 1.78. The number of hydrogen-bond donors (Lipinski definition) is 3. The number of phenolic OH excluding ortho intramolecular Hbond substituents is 1. The number of H-pyrrole nitrogens is 1. The van der Waals surface area contributed by atoms with E-state index in [2.05, 4.69) is 5.10 Å². The maximum absolute atomic E-state index is 11.4. The minimum Gasteiger partial charge on any atom is -0.506 e. The third kappa shape index (κ3) is 1.15. The van der Waals surface area contributed by atoms with Crippen LogP contribution in [0.25, 0.3) is 5.69 Å². The molecule has 0 bridgehead atoms.